The monoisotopic (exact) mass is 217 g/mol. The second-order valence-corrected chi connectivity index (χ2v) is 2.68. The number of nitrogens with two attached hydrogens (primary N) is 1. The highest BCUT2D eigenvalue weighted by atomic mass is 19.4. The lowest BCUT2D eigenvalue weighted by Crippen LogP contribution is -2.19. The van der Waals surface area contributed by atoms with E-state index in [9.17, 15) is 13.2 Å². The lowest BCUT2D eigenvalue weighted by atomic mass is 10.2. The van der Waals surface area contributed by atoms with Crippen LogP contribution in [0.3, 0.4) is 0 Å². The van der Waals surface area contributed by atoms with Gasteiger partial charge in [0.2, 0.25) is 5.88 Å². The van der Waals surface area contributed by atoms with Gasteiger partial charge in [0, 0.05) is 0 Å². The highest BCUT2D eigenvalue weighted by molar-refractivity contribution is 5.54. The molecule has 0 amide bonds. The fourth-order valence-electron chi connectivity index (χ4n) is 0.903. The van der Waals surface area contributed by atoms with Crippen LogP contribution in [0.2, 0.25) is 0 Å². The minimum absolute atomic E-state index is 0.113. The van der Waals surface area contributed by atoms with E-state index in [0.717, 1.165) is 6.07 Å². The van der Waals surface area contributed by atoms with Crippen molar-refractivity contribution < 1.29 is 17.9 Å². The molecule has 0 atom stereocenters. The van der Waals surface area contributed by atoms with Crippen molar-refractivity contribution in [2.24, 2.45) is 0 Å². The number of hydrogen-bond acceptors (Lipinski definition) is 4. The minimum Gasteiger partial charge on any atom is -0.394 e. The van der Waals surface area contributed by atoms with E-state index >= 15 is 0 Å². The van der Waals surface area contributed by atoms with Crippen molar-refractivity contribution in [2.45, 2.75) is 13.3 Å². The molecule has 1 rings (SSSR count). The number of ether oxygens (including phenoxy) is 1. The van der Waals surface area contributed by atoms with Crippen molar-refractivity contribution in [3.8, 4) is 11.9 Å². The van der Waals surface area contributed by atoms with Gasteiger partial charge in [0.1, 0.15) is 6.07 Å². The molecular weight excluding hydrogens is 211 g/mol. The minimum atomic E-state index is -4.85. The average molecular weight is 217 g/mol. The molecule has 0 saturated heterocycles. The largest absolute Gasteiger partial charge is 0.574 e. The Morgan fingerprint density at radius 3 is 2.60 bits per heavy atom. The predicted octanol–water partition coefficient (Wildman–Crippen LogP) is 1.74. The van der Waals surface area contributed by atoms with Crippen LogP contribution in [0.5, 0.6) is 5.88 Å². The Hall–Kier alpha value is -1.97. The predicted molar refractivity (Wildman–Crippen MR) is 44.8 cm³/mol. The molecule has 7 heteroatoms. The quantitative estimate of drug-likeness (QED) is 0.777. The van der Waals surface area contributed by atoms with Gasteiger partial charge in [-0.25, -0.2) is 4.98 Å². The summed E-state index contributed by atoms with van der Waals surface area (Å²) in [6, 6.07) is 2.83. The number of hydrogen-bond donors (Lipinski definition) is 1. The third kappa shape index (κ3) is 2.74. The summed E-state index contributed by atoms with van der Waals surface area (Å²) < 4.78 is 39.1. The van der Waals surface area contributed by atoms with Gasteiger partial charge >= 0.3 is 6.36 Å². The van der Waals surface area contributed by atoms with Crippen LogP contribution in [0.15, 0.2) is 6.07 Å². The van der Waals surface area contributed by atoms with Gasteiger partial charge < -0.3 is 10.5 Å². The normalized spacial score (nSPS) is 10.9. The van der Waals surface area contributed by atoms with E-state index in [4.69, 9.17) is 11.0 Å². The molecule has 1 heterocycles. The van der Waals surface area contributed by atoms with Gasteiger partial charge in [0.25, 0.3) is 0 Å². The first kappa shape index (κ1) is 11.1. The Kier molecular flexibility index (Phi) is 2.70. The van der Waals surface area contributed by atoms with E-state index in [1.165, 1.54) is 6.92 Å². The van der Waals surface area contributed by atoms with Gasteiger partial charge in [-0.3, -0.25) is 0 Å². The molecule has 1 aromatic rings. The second-order valence-electron chi connectivity index (χ2n) is 2.68. The van der Waals surface area contributed by atoms with Crippen molar-refractivity contribution in [1.82, 2.24) is 4.98 Å². The number of aryl methyl sites for hydroxylation is 1. The lowest BCUT2D eigenvalue weighted by Gasteiger charge is -2.10. The van der Waals surface area contributed by atoms with Crippen molar-refractivity contribution in [3.63, 3.8) is 0 Å². The standard InChI is InChI=1S/C8H6F3N3O/c1-4-5(3-12)2-6(13)7(14-4)15-8(9,10)11/h2H,13H2,1H3. The molecule has 0 spiro atoms. The summed E-state index contributed by atoms with van der Waals surface area (Å²) in [5, 5.41) is 8.56. The SMILES string of the molecule is Cc1nc(OC(F)(F)F)c(N)cc1C#N. The van der Waals surface area contributed by atoms with E-state index in [2.05, 4.69) is 9.72 Å². The van der Waals surface area contributed by atoms with Crippen LogP contribution in [-0.4, -0.2) is 11.3 Å². The van der Waals surface area contributed by atoms with Crippen LogP contribution in [0.4, 0.5) is 18.9 Å². The van der Waals surface area contributed by atoms with Crippen molar-refractivity contribution in [3.05, 3.63) is 17.3 Å². The Bertz CT molecular complexity index is 422. The second kappa shape index (κ2) is 3.65. The van der Waals surface area contributed by atoms with Gasteiger partial charge in [0.15, 0.2) is 0 Å². The molecule has 4 nitrogen and oxygen atoms in total. The maximum Gasteiger partial charge on any atom is 0.574 e. The average Bonchev–Trinajstić information content (AvgIpc) is 2.08. The molecule has 0 aliphatic carbocycles. The van der Waals surface area contributed by atoms with E-state index in [1.54, 1.807) is 6.07 Å². The molecule has 80 valence electrons. The topological polar surface area (TPSA) is 71.9 Å². The van der Waals surface area contributed by atoms with Crippen LogP contribution in [0.25, 0.3) is 0 Å². The summed E-state index contributed by atoms with van der Waals surface area (Å²) in [5.41, 5.74) is 5.15. The van der Waals surface area contributed by atoms with Crippen molar-refractivity contribution in [2.75, 3.05) is 5.73 Å². The van der Waals surface area contributed by atoms with E-state index in [1.807, 2.05) is 0 Å². The Morgan fingerprint density at radius 1 is 1.53 bits per heavy atom. The summed E-state index contributed by atoms with van der Waals surface area (Å²) in [5.74, 6) is -0.737. The first-order valence-corrected chi connectivity index (χ1v) is 3.76. The van der Waals surface area contributed by atoms with Gasteiger partial charge in [-0.05, 0) is 13.0 Å². The summed E-state index contributed by atoms with van der Waals surface area (Å²) in [6.45, 7) is 1.39. The Labute approximate surface area is 83.1 Å². The van der Waals surface area contributed by atoms with E-state index < -0.39 is 12.2 Å². The molecule has 15 heavy (non-hydrogen) atoms. The lowest BCUT2D eigenvalue weighted by molar-refractivity contribution is -0.275. The van der Waals surface area contributed by atoms with Crippen LogP contribution in [0.1, 0.15) is 11.3 Å². The number of nitrogens with zero attached hydrogens (tertiary/aromatic N) is 2. The van der Waals surface area contributed by atoms with E-state index in [-0.39, 0.29) is 16.9 Å². The van der Waals surface area contributed by atoms with Gasteiger partial charge in [-0.15, -0.1) is 13.2 Å². The number of halogens is 3. The molecule has 0 saturated carbocycles. The number of anilines is 1. The van der Waals surface area contributed by atoms with Crippen molar-refractivity contribution in [1.29, 1.82) is 5.26 Å². The number of aromatic nitrogens is 1. The summed E-state index contributed by atoms with van der Waals surface area (Å²) >= 11 is 0. The molecular formula is C8H6F3N3O. The maximum atomic E-state index is 11.9. The highest BCUT2D eigenvalue weighted by Crippen LogP contribution is 2.27. The van der Waals surface area contributed by atoms with Crippen molar-refractivity contribution >= 4 is 5.69 Å². The Balaban J connectivity index is 3.13. The molecule has 0 aromatic carbocycles. The van der Waals surface area contributed by atoms with Crippen LogP contribution < -0.4 is 10.5 Å². The van der Waals surface area contributed by atoms with Gasteiger partial charge in [-0.2, -0.15) is 5.26 Å². The van der Waals surface area contributed by atoms with Crippen LogP contribution in [0, 0.1) is 18.3 Å². The van der Waals surface area contributed by atoms with E-state index in [0.29, 0.717) is 0 Å². The summed E-state index contributed by atoms with van der Waals surface area (Å²) in [7, 11) is 0. The molecule has 0 bridgehead atoms. The van der Waals surface area contributed by atoms with Gasteiger partial charge in [0.05, 0.1) is 16.9 Å². The maximum absolute atomic E-state index is 11.9. The van der Waals surface area contributed by atoms with Gasteiger partial charge in [-0.1, -0.05) is 0 Å². The molecule has 0 fully saturated rings. The molecule has 0 unspecified atom stereocenters. The fourth-order valence-corrected chi connectivity index (χ4v) is 0.903. The Morgan fingerprint density at radius 2 is 2.13 bits per heavy atom. The van der Waals surface area contributed by atoms with Crippen LogP contribution in [-0.2, 0) is 0 Å². The first-order valence-electron chi connectivity index (χ1n) is 3.76. The smallest absolute Gasteiger partial charge is 0.394 e. The summed E-state index contributed by atoms with van der Waals surface area (Å²) in [4.78, 5) is 3.44. The molecule has 1 aromatic heterocycles. The number of rotatable bonds is 1. The zero-order chi connectivity index (χ0) is 11.6. The zero-order valence-electron chi connectivity index (χ0n) is 7.59. The number of nitriles is 1. The first-order chi connectivity index (χ1) is 6.83. The third-order valence-corrected chi connectivity index (χ3v) is 1.54. The molecule has 0 radical (unpaired) electrons. The summed E-state index contributed by atoms with van der Waals surface area (Å²) in [6.07, 6.45) is -4.85. The number of pyridine rings is 1. The molecule has 0 aliphatic rings. The third-order valence-electron chi connectivity index (χ3n) is 1.54. The number of alkyl halides is 3. The molecule has 0 aliphatic heterocycles. The number of nitrogen functional groups attached to an aromatic ring is 1. The fraction of sp³-hybridized carbons (Fsp3) is 0.250. The van der Waals surface area contributed by atoms with Crippen LogP contribution >= 0.6 is 0 Å². The molecule has 2 N–H and O–H groups in total. The highest BCUT2D eigenvalue weighted by Gasteiger charge is 2.33. The zero-order valence-corrected chi connectivity index (χ0v) is 7.59.